The molecule has 4 rings (SSSR count). The van der Waals surface area contributed by atoms with Gasteiger partial charge in [0.1, 0.15) is 23.3 Å². The number of carbonyl (C=O) groups excluding carboxylic acids is 5. The lowest BCUT2D eigenvalue weighted by molar-refractivity contribution is -0.146. The molecule has 2 aromatic carbocycles. The number of Topliss-reactive ketones (excluding diaryl/α,β-unsaturated/α-hetero) is 1. The van der Waals surface area contributed by atoms with E-state index in [2.05, 4.69) is 54.4 Å². The predicted octanol–water partition coefficient (Wildman–Crippen LogP) is 2.54. The molecule has 9 N–H and O–H groups in total. The minimum absolute atomic E-state index is 0.00534. The molecule has 0 aliphatic carbocycles. The van der Waals surface area contributed by atoms with E-state index in [9.17, 15) is 52.5 Å². The largest absolute Gasteiger partial charge is 0.508 e. The molecule has 0 bridgehead atoms. The molecule has 0 radical (unpaired) electrons. The summed E-state index contributed by atoms with van der Waals surface area (Å²) in [5.74, 6) is -5.03. The number of ketones is 1. The van der Waals surface area contributed by atoms with Gasteiger partial charge in [0.2, 0.25) is 33.1 Å². The van der Waals surface area contributed by atoms with Crippen LogP contribution in [0.1, 0.15) is 94.9 Å². The van der Waals surface area contributed by atoms with E-state index in [1.807, 2.05) is 6.92 Å². The van der Waals surface area contributed by atoms with E-state index in [-0.39, 0.29) is 54.8 Å². The SMILES string of the molecule is CC(S)NC(=O)[C@H](CCCCn1cc(CCCC(=O)Nc2nnc(S(N)(=O)=O)s2)nn1)NC(=O)CC(CC(=O)CCNC(=O)CCC(C)(c1ccc(O)cc1)c1ccc(O)cc1)C(=O)O. The lowest BCUT2D eigenvalue weighted by Crippen LogP contribution is -2.48. The number of carbonyl (C=O) groups is 6. The highest BCUT2D eigenvalue weighted by molar-refractivity contribution is 7.91. The molecule has 2 unspecified atom stereocenters. The summed E-state index contributed by atoms with van der Waals surface area (Å²) in [5, 5.41) is 59.6. The lowest BCUT2D eigenvalue weighted by atomic mass is 9.73. The monoisotopic (exact) mass is 958 g/mol. The smallest absolute Gasteiger partial charge is 0.307 e. The number of nitrogens with one attached hydrogen (secondary N) is 4. The number of sulfonamides is 1. The topological polar surface area (TPSA) is 328 Å². The van der Waals surface area contributed by atoms with Crippen LogP contribution < -0.4 is 26.4 Å². The van der Waals surface area contributed by atoms with Gasteiger partial charge in [-0.3, -0.25) is 33.4 Å². The second-order valence-corrected chi connectivity index (χ2v) is 19.1. The number of benzene rings is 2. The number of thiol groups is 1. The van der Waals surface area contributed by atoms with E-state index in [4.69, 9.17) is 5.14 Å². The van der Waals surface area contributed by atoms with Crippen LogP contribution >= 0.6 is 24.0 Å². The molecule has 0 fully saturated rings. The number of aliphatic carboxylic acids is 1. The van der Waals surface area contributed by atoms with E-state index in [0.717, 1.165) is 11.1 Å². The number of aromatic hydroxyl groups is 2. The van der Waals surface area contributed by atoms with Crippen molar-refractivity contribution >= 4 is 74.5 Å². The molecule has 0 spiro atoms. The Bertz CT molecular complexity index is 2330. The number of aromatic nitrogens is 5. The zero-order chi connectivity index (χ0) is 47.7. The molecule has 21 nitrogen and oxygen atoms in total. The van der Waals surface area contributed by atoms with Gasteiger partial charge in [0.15, 0.2) is 0 Å². The first-order valence-corrected chi connectivity index (χ1v) is 23.5. The third-order valence-electron chi connectivity index (χ3n) is 10.3. The van der Waals surface area contributed by atoms with Crippen molar-refractivity contribution in [2.45, 2.75) is 112 Å². The van der Waals surface area contributed by atoms with Gasteiger partial charge in [0, 0.05) is 56.8 Å². The Morgan fingerprint density at radius 2 is 1.49 bits per heavy atom. The minimum Gasteiger partial charge on any atom is -0.508 e. The fraction of sp³-hybridized carbons (Fsp3) is 0.463. The Balaban J connectivity index is 1.19. The Morgan fingerprint density at radius 3 is 2.08 bits per heavy atom. The van der Waals surface area contributed by atoms with E-state index >= 15 is 0 Å². The van der Waals surface area contributed by atoms with Crippen LogP contribution in [0, 0.1) is 5.92 Å². The number of unbranched alkanes of at least 4 members (excludes halogenated alkanes) is 1. The number of amides is 4. The summed E-state index contributed by atoms with van der Waals surface area (Å²) in [6.07, 6.45) is 3.05. The molecule has 2 heterocycles. The van der Waals surface area contributed by atoms with Crippen LogP contribution in [0.2, 0.25) is 0 Å². The highest BCUT2D eigenvalue weighted by Gasteiger charge is 2.31. The van der Waals surface area contributed by atoms with Gasteiger partial charge in [0.05, 0.1) is 17.0 Å². The fourth-order valence-corrected chi connectivity index (χ4v) is 8.23. The van der Waals surface area contributed by atoms with Gasteiger partial charge >= 0.3 is 5.97 Å². The standard InChI is InChI=1S/C41H54N10O11S3/c1-25(63)44-37(58)33(7-3-4-21-51-24-29(47-50-51)6-5-8-35(56)46-39-48-49-40(64-39)65(42,61)62)45-36(57)23-26(38(59)60)22-32(54)18-20-43-34(55)17-19-41(2,27-9-13-30(52)14-10-27)28-11-15-31(53)16-12-28/h9-16,24-26,33,52-53,63H,3-8,17-23H2,1-2H3,(H,43,55)(H,44,58)(H,45,57)(H,59,60)(H2,42,61,62)(H,46,48,56)/t25?,26?,33-/m0/s1. The van der Waals surface area contributed by atoms with Crippen LogP contribution in [0.15, 0.2) is 59.1 Å². The van der Waals surface area contributed by atoms with Gasteiger partial charge in [-0.2, -0.15) is 12.6 Å². The summed E-state index contributed by atoms with van der Waals surface area (Å²) >= 11 is 4.84. The van der Waals surface area contributed by atoms with Gasteiger partial charge in [-0.25, -0.2) is 13.6 Å². The maximum atomic E-state index is 13.1. The molecular formula is C41H54N10O11S3. The average Bonchev–Trinajstić information content (AvgIpc) is 3.91. The molecular weight excluding hydrogens is 905 g/mol. The second-order valence-electron chi connectivity index (χ2n) is 15.6. The minimum atomic E-state index is -4.03. The summed E-state index contributed by atoms with van der Waals surface area (Å²) in [6.45, 7) is 3.94. The van der Waals surface area contributed by atoms with Gasteiger partial charge < -0.3 is 36.6 Å². The number of anilines is 1. The number of carboxylic acids is 1. The Kier molecular flexibility index (Phi) is 19.3. The number of hydrogen-bond donors (Lipinski definition) is 9. The average molecular weight is 959 g/mol. The predicted molar refractivity (Wildman–Crippen MR) is 240 cm³/mol. The van der Waals surface area contributed by atoms with Crippen molar-refractivity contribution in [2.24, 2.45) is 11.1 Å². The van der Waals surface area contributed by atoms with E-state index in [1.54, 1.807) is 66.3 Å². The summed E-state index contributed by atoms with van der Waals surface area (Å²) in [4.78, 5) is 76.2. The third kappa shape index (κ3) is 17.2. The number of phenols is 2. The summed E-state index contributed by atoms with van der Waals surface area (Å²) in [7, 11) is -4.03. The van der Waals surface area contributed by atoms with Crippen molar-refractivity contribution in [2.75, 3.05) is 11.9 Å². The second kappa shape index (κ2) is 24.3. The molecule has 65 heavy (non-hydrogen) atoms. The number of nitrogens with zero attached hydrogens (tertiary/aromatic N) is 5. The first-order chi connectivity index (χ1) is 30.7. The number of aryl methyl sites for hydroxylation is 2. The number of nitrogens with two attached hydrogens (primary N) is 1. The summed E-state index contributed by atoms with van der Waals surface area (Å²) in [5.41, 5.74) is 1.64. The van der Waals surface area contributed by atoms with Crippen LogP contribution in [0.4, 0.5) is 5.13 Å². The van der Waals surface area contributed by atoms with Gasteiger partial charge in [-0.15, -0.1) is 15.3 Å². The van der Waals surface area contributed by atoms with Crippen LogP contribution in [0.3, 0.4) is 0 Å². The van der Waals surface area contributed by atoms with Crippen LogP contribution in [-0.4, -0.2) is 102 Å². The molecule has 352 valence electrons. The highest BCUT2D eigenvalue weighted by atomic mass is 32.2. The first-order valence-electron chi connectivity index (χ1n) is 20.6. The lowest BCUT2D eigenvalue weighted by Gasteiger charge is -2.31. The first kappa shape index (κ1) is 51.7. The zero-order valence-corrected chi connectivity index (χ0v) is 38.3. The van der Waals surface area contributed by atoms with E-state index in [1.165, 1.54) is 0 Å². The number of phenolic OH excluding ortho intramolecular Hbond substituents is 2. The maximum absolute atomic E-state index is 13.1. The van der Waals surface area contributed by atoms with Gasteiger partial charge in [-0.1, -0.05) is 47.7 Å². The Morgan fingerprint density at radius 1 is 0.846 bits per heavy atom. The van der Waals surface area contributed by atoms with Crippen molar-refractivity contribution in [1.82, 2.24) is 41.1 Å². The zero-order valence-electron chi connectivity index (χ0n) is 35.8. The summed E-state index contributed by atoms with van der Waals surface area (Å²) < 4.78 is 23.9. The van der Waals surface area contributed by atoms with Crippen LogP contribution in [0.5, 0.6) is 11.5 Å². The molecule has 0 aliphatic heterocycles. The number of carboxylic acid groups (broad SMARTS) is 1. The normalized spacial score (nSPS) is 13.0. The molecule has 4 amide bonds. The van der Waals surface area contributed by atoms with Crippen molar-refractivity contribution in [3.63, 3.8) is 0 Å². The van der Waals surface area contributed by atoms with Crippen LogP contribution in [-0.2, 0) is 57.2 Å². The van der Waals surface area contributed by atoms with Crippen molar-refractivity contribution in [1.29, 1.82) is 0 Å². The highest BCUT2D eigenvalue weighted by Crippen LogP contribution is 2.37. The summed E-state index contributed by atoms with van der Waals surface area (Å²) in [6, 6.07) is 12.2. The number of primary sulfonamides is 1. The fourth-order valence-electron chi connectivity index (χ4n) is 6.75. The third-order valence-corrected chi connectivity index (χ3v) is 12.6. The van der Waals surface area contributed by atoms with E-state index < -0.39 is 79.4 Å². The van der Waals surface area contributed by atoms with Crippen LogP contribution in [0.25, 0.3) is 0 Å². The number of hydrogen-bond acceptors (Lipinski definition) is 16. The van der Waals surface area contributed by atoms with Crippen molar-refractivity contribution in [3.05, 3.63) is 71.5 Å². The molecule has 0 saturated heterocycles. The molecule has 4 aromatic rings. The van der Waals surface area contributed by atoms with Crippen molar-refractivity contribution in [3.8, 4) is 11.5 Å². The maximum Gasteiger partial charge on any atom is 0.307 e. The molecule has 3 atom stereocenters. The number of rotatable bonds is 27. The molecule has 2 aromatic heterocycles. The molecule has 0 aliphatic rings. The Hall–Kier alpha value is -5.98. The molecule has 24 heteroatoms. The molecule has 0 saturated carbocycles. The quantitative estimate of drug-likeness (QED) is 0.0180. The van der Waals surface area contributed by atoms with Gasteiger partial charge in [0.25, 0.3) is 10.0 Å². The Labute approximate surface area is 384 Å². The van der Waals surface area contributed by atoms with Gasteiger partial charge in [-0.05, 0) is 80.8 Å². The van der Waals surface area contributed by atoms with Crippen molar-refractivity contribution < 1.29 is 52.5 Å². The van der Waals surface area contributed by atoms with E-state index in [0.29, 0.717) is 55.7 Å².